The molecule has 0 aromatic heterocycles. The Kier molecular flexibility index (Phi) is 4.32. The fourth-order valence-electron chi connectivity index (χ4n) is 1.84. The van der Waals surface area contributed by atoms with E-state index in [1.165, 1.54) is 18.2 Å². The summed E-state index contributed by atoms with van der Waals surface area (Å²) >= 11 is 0. The van der Waals surface area contributed by atoms with Crippen molar-refractivity contribution in [3.63, 3.8) is 0 Å². The normalized spacial score (nSPS) is 10.2. The Hall–Kier alpha value is -2.70. The minimum Gasteiger partial charge on any atom is -0.385 e. The van der Waals surface area contributed by atoms with Gasteiger partial charge in [-0.1, -0.05) is 0 Å². The molecule has 0 spiro atoms. The van der Waals surface area contributed by atoms with Crippen molar-refractivity contribution >= 4 is 22.7 Å². The maximum atomic E-state index is 13.2. The lowest BCUT2D eigenvalue weighted by molar-refractivity contribution is -0.384. The van der Waals surface area contributed by atoms with Crippen LogP contribution in [-0.4, -0.2) is 11.5 Å². The van der Waals surface area contributed by atoms with Crippen LogP contribution < -0.4 is 10.6 Å². The highest BCUT2D eigenvalue weighted by atomic mass is 19.2. The molecule has 0 radical (unpaired) electrons. The molecule has 0 unspecified atom stereocenters. The summed E-state index contributed by atoms with van der Waals surface area (Å²) in [5, 5.41) is 16.7. The van der Waals surface area contributed by atoms with Gasteiger partial charge in [0.15, 0.2) is 11.6 Å². The van der Waals surface area contributed by atoms with Crippen molar-refractivity contribution < 1.29 is 13.7 Å². The number of non-ortho nitro benzene ring substituents is 1. The minimum atomic E-state index is -0.989. The molecule has 0 aliphatic rings. The van der Waals surface area contributed by atoms with Crippen LogP contribution in [0, 0.1) is 21.7 Å². The summed E-state index contributed by atoms with van der Waals surface area (Å²) in [5.41, 5.74) is 1.18. The number of nitrogens with one attached hydrogen (secondary N) is 2. The van der Waals surface area contributed by atoms with Crippen LogP contribution in [-0.2, 0) is 0 Å². The summed E-state index contributed by atoms with van der Waals surface area (Å²) in [6.07, 6.45) is 0. The summed E-state index contributed by atoms with van der Waals surface area (Å²) in [4.78, 5) is 10.4. The molecule has 2 N–H and O–H groups in total. The molecule has 21 heavy (non-hydrogen) atoms. The van der Waals surface area contributed by atoms with Crippen LogP contribution in [0.1, 0.15) is 6.92 Å². The second-order valence-corrected chi connectivity index (χ2v) is 4.31. The van der Waals surface area contributed by atoms with Crippen LogP contribution in [0.3, 0.4) is 0 Å². The molecule has 2 aromatic rings. The number of nitrogens with zero attached hydrogens (tertiary/aromatic N) is 1. The van der Waals surface area contributed by atoms with E-state index in [1.54, 1.807) is 6.07 Å². The molecular weight excluding hydrogens is 280 g/mol. The maximum absolute atomic E-state index is 13.2. The number of nitro benzene ring substituents is 1. The predicted octanol–water partition coefficient (Wildman–Crippen LogP) is 4.05. The highest BCUT2D eigenvalue weighted by molar-refractivity contribution is 5.68. The van der Waals surface area contributed by atoms with Crippen LogP contribution in [0.4, 0.5) is 31.5 Å². The van der Waals surface area contributed by atoms with Gasteiger partial charge in [0.1, 0.15) is 0 Å². The first-order chi connectivity index (χ1) is 9.99. The van der Waals surface area contributed by atoms with Crippen LogP contribution >= 0.6 is 0 Å². The fourth-order valence-corrected chi connectivity index (χ4v) is 1.84. The van der Waals surface area contributed by atoms with E-state index in [0.717, 1.165) is 12.1 Å². The first kappa shape index (κ1) is 14.7. The number of hydrogen-bond acceptors (Lipinski definition) is 4. The number of halogens is 2. The zero-order valence-electron chi connectivity index (χ0n) is 11.2. The SMILES string of the molecule is CCNc1cc(Nc2ccc(F)c(F)c2)cc([N+](=O)[O-])c1. The highest BCUT2D eigenvalue weighted by Gasteiger charge is 2.10. The lowest BCUT2D eigenvalue weighted by atomic mass is 10.2. The van der Waals surface area contributed by atoms with Gasteiger partial charge in [-0.2, -0.15) is 0 Å². The van der Waals surface area contributed by atoms with Crippen molar-refractivity contribution in [3.05, 3.63) is 58.1 Å². The van der Waals surface area contributed by atoms with Gasteiger partial charge < -0.3 is 10.6 Å². The molecule has 5 nitrogen and oxygen atoms in total. The Balaban J connectivity index is 2.33. The van der Waals surface area contributed by atoms with Crippen LogP contribution in [0.25, 0.3) is 0 Å². The Morgan fingerprint density at radius 1 is 1.05 bits per heavy atom. The zero-order valence-corrected chi connectivity index (χ0v) is 11.2. The molecule has 110 valence electrons. The molecule has 0 saturated heterocycles. The zero-order chi connectivity index (χ0) is 15.4. The molecule has 2 aromatic carbocycles. The van der Waals surface area contributed by atoms with Crippen molar-refractivity contribution in [1.82, 2.24) is 0 Å². The Morgan fingerprint density at radius 2 is 1.76 bits per heavy atom. The molecule has 0 saturated carbocycles. The van der Waals surface area contributed by atoms with Gasteiger partial charge in [-0.15, -0.1) is 0 Å². The van der Waals surface area contributed by atoms with Gasteiger partial charge in [0.25, 0.3) is 5.69 Å². The van der Waals surface area contributed by atoms with Crippen molar-refractivity contribution in [2.24, 2.45) is 0 Å². The lowest BCUT2D eigenvalue weighted by Crippen LogP contribution is -2.00. The number of anilines is 3. The van der Waals surface area contributed by atoms with Gasteiger partial charge in [-0.05, 0) is 25.1 Å². The first-order valence-electron chi connectivity index (χ1n) is 6.25. The molecule has 0 amide bonds. The number of hydrogen-bond donors (Lipinski definition) is 2. The summed E-state index contributed by atoms with van der Waals surface area (Å²) in [7, 11) is 0. The summed E-state index contributed by atoms with van der Waals surface area (Å²) < 4.78 is 26.0. The highest BCUT2D eigenvalue weighted by Crippen LogP contribution is 2.27. The van der Waals surface area contributed by atoms with Gasteiger partial charge in [0, 0.05) is 41.8 Å². The van der Waals surface area contributed by atoms with Gasteiger partial charge in [-0.25, -0.2) is 8.78 Å². The van der Waals surface area contributed by atoms with Gasteiger partial charge in [-0.3, -0.25) is 10.1 Å². The third-order valence-electron chi connectivity index (χ3n) is 2.72. The third kappa shape index (κ3) is 3.65. The van der Waals surface area contributed by atoms with E-state index in [1.807, 2.05) is 6.92 Å². The van der Waals surface area contributed by atoms with Crippen LogP contribution in [0.2, 0.25) is 0 Å². The van der Waals surface area contributed by atoms with E-state index in [-0.39, 0.29) is 5.69 Å². The van der Waals surface area contributed by atoms with Crippen LogP contribution in [0.15, 0.2) is 36.4 Å². The standard InChI is InChI=1S/C14H13F2N3O2/c1-2-17-10-5-11(7-12(6-10)19(20)21)18-9-3-4-13(15)14(16)8-9/h3-8,17-18H,2H2,1H3. The third-order valence-corrected chi connectivity index (χ3v) is 2.72. The molecule has 0 fully saturated rings. The average molecular weight is 293 g/mol. The molecule has 0 bridgehead atoms. The number of rotatable bonds is 5. The molecule has 7 heteroatoms. The van der Waals surface area contributed by atoms with Gasteiger partial charge in [0.05, 0.1) is 4.92 Å². The average Bonchev–Trinajstić information content (AvgIpc) is 2.43. The molecule has 0 heterocycles. The van der Waals surface area contributed by atoms with Crippen molar-refractivity contribution in [3.8, 4) is 0 Å². The monoisotopic (exact) mass is 293 g/mol. The molecule has 0 aliphatic heterocycles. The summed E-state index contributed by atoms with van der Waals surface area (Å²) in [6.45, 7) is 2.47. The lowest BCUT2D eigenvalue weighted by Gasteiger charge is -2.10. The van der Waals surface area contributed by atoms with Gasteiger partial charge >= 0.3 is 0 Å². The molecular formula is C14H13F2N3O2. The Labute approximate surface area is 119 Å². The van der Waals surface area contributed by atoms with E-state index in [4.69, 9.17) is 0 Å². The summed E-state index contributed by atoms with van der Waals surface area (Å²) in [6, 6.07) is 7.70. The van der Waals surface area contributed by atoms with E-state index in [2.05, 4.69) is 10.6 Å². The first-order valence-corrected chi connectivity index (χ1v) is 6.25. The molecule has 2 rings (SSSR count). The number of benzene rings is 2. The Morgan fingerprint density at radius 3 is 2.38 bits per heavy atom. The van der Waals surface area contributed by atoms with Crippen molar-refractivity contribution in [1.29, 1.82) is 0 Å². The largest absolute Gasteiger partial charge is 0.385 e. The van der Waals surface area contributed by atoms with Crippen LogP contribution in [0.5, 0.6) is 0 Å². The predicted molar refractivity (Wildman–Crippen MR) is 76.9 cm³/mol. The van der Waals surface area contributed by atoms with Crippen molar-refractivity contribution in [2.75, 3.05) is 17.2 Å². The van der Waals surface area contributed by atoms with Crippen molar-refractivity contribution in [2.45, 2.75) is 6.92 Å². The molecule has 0 aliphatic carbocycles. The Bertz CT molecular complexity index is 677. The minimum absolute atomic E-state index is 0.0986. The van der Waals surface area contributed by atoms with E-state index in [0.29, 0.717) is 23.6 Å². The summed E-state index contributed by atoms with van der Waals surface area (Å²) in [5.74, 6) is -1.94. The topological polar surface area (TPSA) is 67.2 Å². The quantitative estimate of drug-likeness (QED) is 0.644. The molecule has 0 atom stereocenters. The van der Waals surface area contributed by atoms with E-state index in [9.17, 15) is 18.9 Å². The van der Waals surface area contributed by atoms with E-state index >= 15 is 0 Å². The van der Waals surface area contributed by atoms with E-state index < -0.39 is 16.6 Å². The number of nitro groups is 1. The maximum Gasteiger partial charge on any atom is 0.273 e. The second-order valence-electron chi connectivity index (χ2n) is 4.31. The second kappa shape index (κ2) is 6.17. The fraction of sp³-hybridized carbons (Fsp3) is 0.143. The van der Waals surface area contributed by atoms with Gasteiger partial charge in [0.2, 0.25) is 0 Å². The smallest absolute Gasteiger partial charge is 0.273 e.